The number of hydrogen-bond acceptors (Lipinski definition) is 6. The van der Waals surface area contributed by atoms with Gasteiger partial charge in [-0.3, -0.25) is 4.79 Å². The van der Waals surface area contributed by atoms with E-state index in [2.05, 4.69) is 15.0 Å². The molecule has 1 amide bonds. The van der Waals surface area contributed by atoms with E-state index in [1.807, 2.05) is 30.9 Å². The van der Waals surface area contributed by atoms with Crippen LogP contribution in [0, 0.1) is 0 Å². The molecule has 2 unspecified atom stereocenters. The standard InChI is InChI=1S/C18H23N5O3/c1-13-10-21(16-6-4-15(5-7-16)18(25)26-3)8-9-22(13)17(24)14(2)23-12-19-11-20-23/h4-7,11-14H,8-10H2,1-3H3. The lowest BCUT2D eigenvalue weighted by Gasteiger charge is -2.41. The van der Waals surface area contributed by atoms with Crippen molar-refractivity contribution < 1.29 is 14.3 Å². The molecular weight excluding hydrogens is 334 g/mol. The average molecular weight is 357 g/mol. The monoisotopic (exact) mass is 357 g/mol. The Balaban J connectivity index is 1.64. The molecule has 8 nitrogen and oxygen atoms in total. The maximum Gasteiger partial charge on any atom is 0.337 e. The molecule has 1 aromatic heterocycles. The second-order valence-electron chi connectivity index (χ2n) is 6.42. The zero-order valence-electron chi connectivity index (χ0n) is 15.2. The van der Waals surface area contributed by atoms with E-state index >= 15 is 0 Å². The van der Waals surface area contributed by atoms with Crippen LogP contribution in [0.4, 0.5) is 5.69 Å². The van der Waals surface area contributed by atoms with Gasteiger partial charge in [0.15, 0.2) is 0 Å². The predicted molar refractivity (Wildman–Crippen MR) is 95.9 cm³/mol. The number of amides is 1. The van der Waals surface area contributed by atoms with Crippen LogP contribution in [0.1, 0.15) is 30.2 Å². The topological polar surface area (TPSA) is 80.6 Å². The molecule has 8 heteroatoms. The molecule has 1 fully saturated rings. The Labute approximate surface area is 152 Å². The summed E-state index contributed by atoms with van der Waals surface area (Å²) in [5.41, 5.74) is 1.56. The molecule has 2 aromatic rings. The lowest BCUT2D eigenvalue weighted by Crippen LogP contribution is -2.55. The quantitative estimate of drug-likeness (QED) is 0.769. The number of anilines is 1. The lowest BCUT2D eigenvalue weighted by atomic mass is 10.1. The van der Waals surface area contributed by atoms with Crippen LogP contribution < -0.4 is 4.90 Å². The number of benzene rings is 1. The smallest absolute Gasteiger partial charge is 0.337 e. The van der Waals surface area contributed by atoms with Gasteiger partial charge in [-0.15, -0.1) is 0 Å². The highest BCUT2D eigenvalue weighted by Crippen LogP contribution is 2.22. The molecule has 1 saturated heterocycles. The molecule has 2 heterocycles. The molecule has 0 N–H and O–H groups in total. The Kier molecular flexibility index (Phi) is 5.20. The second-order valence-corrected chi connectivity index (χ2v) is 6.42. The molecule has 138 valence electrons. The maximum absolute atomic E-state index is 12.8. The van der Waals surface area contributed by atoms with Crippen molar-refractivity contribution in [1.29, 1.82) is 0 Å². The van der Waals surface area contributed by atoms with Crippen LogP contribution in [0.25, 0.3) is 0 Å². The fraction of sp³-hybridized carbons (Fsp3) is 0.444. The molecule has 0 bridgehead atoms. The summed E-state index contributed by atoms with van der Waals surface area (Å²) in [6.45, 7) is 5.98. The highest BCUT2D eigenvalue weighted by atomic mass is 16.5. The van der Waals surface area contributed by atoms with Gasteiger partial charge in [0.25, 0.3) is 0 Å². The van der Waals surface area contributed by atoms with Crippen molar-refractivity contribution in [2.45, 2.75) is 25.9 Å². The van der Waals surface area contributed by atoms with Gasteiger partial charge in [-0.2, -0.15) is 5.10 Å². The van der Waals surface area contributed by atoms with Crippen molar-refractivity contribution in [2.75, 3.05) is 31.6 Å². The molecule has 26 heavy (non-hydrogen) atoms. The SMILES string of the molecule is COC(=O)c1ccc(N2CCN(C(=O)C(C)n3cncn3)C(C)C2)cc1. The normalized spacial score (nSPS) is 18.5. The molecule has 1 aliphatic heterocycles. The molecule has 1 aromatic carbocycles. The third kappa shape index (κ3) is 3.54. The summed E-state index contributed by atoms with van der Waals surface area (Å²) in [5.74, 6) is -0.300. The van der Waals surface area contributed by atoms with Crippen LogP contribution in [0.15, 0.2) is 36.9 Å². The van der Waals surface area contributed by atoms with Gasteiger partial charge in [-0.25, -0.2) is 14.5 Å². The van der Waals surface area contributed by atoms with Crippen molar-refractivity contribution in [3.8, 4) is 0 Å². The van der Waals surface area contributed by atoms with Crippen molar-refractivity contribution in [1.82, 2.24) is 19.7 Å². The molecule has 0 aliphatic carbocycles. The molecule has 1 aliphatic rings. The fourth-order valence-corrected chi connectivity index (χ4v) is 3.22. The van der Waals surface area contributed by atoms with E-state index < -0.39 is 0 Å². The van der Waals surface area contributed by atoms with Crippen molar-refractivity contribution >= 4 is 17.6 Å². The number of piperazine rings is 1. The first-order valence-electron chi connectivity index (χ1n) is 8.59. The number of carbonyl (C=O) groups excluding carboxylic acids is 2. The Morgan fingerprint density at radius 2 is 1.96 bits per heavy atom. The van der Waals surface area contributed by atoms with E-state index in [9.17, 15) is 9.59 Å². The number of aromatic nitrogens is 3. The summed E-state index contributed by atoms with van der Waals surface area (Å²) < 4.78 is 6.30. The van der Waals surface area contributed by atoms with Crippen molar-refractivity contribution in [3.05, 3.63) is 42.5 Å². The number of nitrogens with zero attached hydrogens (tertiary/aromatic N) is 5. The molecular formula is C18H23N5O3. The summed E-state index contributed by atoms with van der Waals surface area (Å²) in [5, 5.41) is 4.06. The average Bonchev–Trinajstić information content (AvgIpc) is 3.21. The minimum atomic E-state index is -0.370. The Morgan fingerprint density at radius 3 is 2.54 bits per heavy atom. The van der Waals surface area contributed by atoms with Crippen LogP contribution in [0.5, 0.6) is 0 Å². The number of hydrogen-bond donors (Lipinski definition) is 0. The number of carbonyl (C=O) groups is 2. The van der Waals surface area contributed by atoms with Gasteiger partial charge in [0.2, 0.25) is 5.91 Å². The van der Waals surface area contributed by atoms with E-state index in [0.717, 1.165) is 18.8 Å². The van der Waals surface area contributed by atoms with Gasteiger partial charge in [-0.05, 0) is 38.1 Å². The van der Waals surface area contributed by atoms with E-state index in [0.29, 0.717) is 12.1 Å². The summed E-state index contributed by atoms with van der Waals surface area (Å²) in [7, 11) is 1.37. The maximum atomic E-state index is 12.8. The van der Waals surface area contributed by atoms with Crippen LogP contribution in [0.3, 0.4) is 0 Å². The Morgan fingerprint density at radius 1 is 1.23 bits per heavy atom. The minimum absolute atomic E-state index is 0.0451. The summed E-state index contributed by atoms with van der Waals surface area (Å²) in [6, 6.07) is 7.04. The first-order valence-corrected chi connectivity index (χ1v) is 8.59. The van der Waals surface area contributed by atoms with Gasteiger partial charge in [-0.1, -0.05) is 0 Å². The summed E-state index contributed by atoms with van der Waals surface area (Å²) in [4.78, 5) is 32.3. The van der Waals surface area contributed by atoms with E-state index in [1.54, 1.807) is 23.1 Å². The Bertz CT molecular complexity index is 760. The highest BCUT2D eigenvalue weighted by molar-refractivity contribution is 5.89. The van der Waals surface area contributed by atoms with E-state index in [-0.39, 0.29) is 24.0 Å². The number of esters is 1. The number of ether oxygens (including phenoxy) is 1. The first kappa shape index (κ1) is 17.9. The van der Waals surface area contributed by atoms with Gasteiger partial charge < -0.3 is 14.5 Å². The molecule has 0 saturated carbocycles. The fourth-order valence-electron chi connectivity index (χ4n) is 3.22. The molecule has 0 spiro atoms. The summed E-state index contributed by atoms with van der Waals surface area (Å²) >= 11 is 0. The minimum Gasteiger partial charge on any atom is -0.465 e. The zero-order chi connectivity index (χ0) is 18.7. The van der Waals surface area contributed by atoms with E-state index in [4.69, 9.17) is 4.74 Å². The second kappa shape index (κ2) is 7.55. The molecule has 3 rings (SSSR count). The lowest BCUT2D eigenvalue weighted by molar-refractivity contribution is -0.137. The Hall–Kier alpha value is -2.90. The van der Waals surface area contributed by atoms with Gasteiger partial charge >= 0.3 is 5.97 Å². The summed E-state index contributed by atoms with van der Waals surface area (Å²) in [6.07, 6.45) is 3.00. The first-order chi connectivity index (χ1) is 12.5. The van der Waals surface area contributed by atoms with E-state index in [1.165, 1.54) is 13.4 Å². The zero-order valence-corrected chi connectivity index (χ0v) is 15.2. The van der Waals surface area contributed by atoms with Gasteiger partial charge in [0, 0.05) is 31.4 Å². The number of methoxy groups -OCH3 is 1. The predicted octanol–water partition coefficient (Wildman–Crippen LogP) is 1.36. The van der Waals surface area contributed by atoms with Gasteiger partial charge in [0.1, 0.15) is 18.7 Å². The third-order valence-electron chi connectivity index (χ3n) is 4.75. The van der Waals surface area contributed by atoms with Crippen LogP contribution in [-0.2, 0) is 9.53 Å². The third-order valence-corrected chi connectivity index (χ3v) is 4.75. The van der Waals surface area contributed by atoms with Gasteiger partial charge in [0.05, 0.1) is 12.7 Å². The van der Waals surface area contributed by atoms with Crippen molar-refractivity contribution in [3.63, 3.8) is 0 Å². The van der Waals surface area contributed by atoms with Crippen molar-refractivity contribution in [2.24, 2.45) is 0 Å². The number of rotatable bonds is 4. The van der Waals surface area contributed by atoms with Crippen LogP contribution in [0.2, 0.25) is 0 Å². The highest BCUT2D eigenvalue weighted by Gasteiger charge is 2.31. The molecule has 0 radical (unpaired) electrons. The largest absolute Gasteiger partial charge is 0.465 e. The van der Waals surface area contributed by atoms with Crippen LogP contribution >= 0.6 is 0 Å². The van der Waals surface area contributed by atoms with Crippen LogP contribution in [-0.4, -0.2) is 64.3 Å². The molecule has 2 atom stereocenters.